The number of rotatable bonds is 8. The van der Waals surface area contributed by atoms with Gasteiger partial charge in [-0.25, -0.2) is 4.79 Å². The van der Waals surface area contributed by atoms with E-state index in [0.717, 1.165) is 25.7 Å². The summed E-state index contributed by atoms with van der Waals surface area (Å²) in [6, 6.07) is 0. The Bertz CT molecular complexity index is 1020. The average molecular weight is 499 g/mol. The van der Waals surface area contributed by atoms with Crippen molar-refractivity contribution < 1.29 is 29.6 Å². The molecule has 4 aliphatic rings. The molecule has 4 aliphatic carbocycles. The van der Waals surface area contributed by atoms with E-state index in [1.54, 1.807) is 25.2 Å². The van der Waals surface area contributed by atoms with Crippen LogP contribution in [0.25, 0.3) is 0 Å². The summed E-state index contributed by atoms with van der Waals surface area (Å²) in [4.78, 5) is 26.6. The Morgan fingerprint density at radius 1 is 1.19 bits per heavy atom. The van der Waals surface area contributed by atoms with Crippen molar-refractivity contribution in [2.24, 2.45) is 34.5 Å². The SMILES string of the molecule is CCCCC/C=C\C=C\C(=O)OCC1=C[C@@H]2C(=O)C3(C=C(C)[C@H](O)[C@@]3(O)[C@@H]1O)[C@H](C)C[C@@H]1[C@H]2C1(C)C. The maximum Gasteiger partial charge on any atom is 0.331 e. The van der Waals surface area contributed by atoms with Crippen LogP contribution in [0.5, 0.6) is 0 Å². The molecule has 1 spiro atoms. The summed E-state index contributed by atoms with van der Waals surface area (Å²) in [5, 5.41) is 34.6. The van der Waals surface area contributed by atoms with Crippen molar-refractivity contribution in [2.45, 2.75) is 84.5 Å². The van der Waals surface area contributed by atoms with E-state index in [1.807, 2.05) is 19.1 Å². The number of carbonyl (C=O) groups excluding carboxylic acids is 2. The Labute approximate surface area is 214 Å². The summed E-state index contributed by atoms with van der Waals surface area (Å²) in [6.07, 6.45) is 12.4. The first-order valence-electron chi connectivity index (χ1n) is 13.5. The van der Waals surface area contributed by atoms with Gasteiger partial charge in [0.1, 0.15) is 24.4 Å². The van der Waals surface area contributed by atoms with Gasteiger partial charge in [-0.1, -0.05) is 70.9 Å². The topological polar surface area (TPSA) is 104 Å². The van der Waals surface area contributed by atoms with Crippen molar-refractivity contribution in [2.75, 3.05) is 6.61 Å². The van der Waals surface area contributed by atoms with Crippen LogP contribution >= 0.6 is 0 Å². The van der Waals surface area contributed by atoms with Gasteiger partial charge in [-0.15, -0.1) is 0 Å². The second-order valence-electron chi connectivity index (χ2n) is 12.0. The van der Waals surface area contributed by atoms with Crippen LogP contribution in [0.4, 0.5) is 0 Å². The largest absolute Gasteiger partial charge is 0.458 e. The van der Waals surface area contributed by atoms with Crippen LogP contribution in [0.3, 0.4) is 0 Å². The van der Waals surface area contributed by atoms with Crippen LogP contribution in [0.1, 0.15) is 66.7 Å². The van der Waals surface area contributed by atoms with Crippen LogP contribution in [0.2, 0.25) is 0 Å². The Kier molecular flexibility index (Phi) is 7.28. The van der Waals surface area contributed by atoms with E-state index < -0.39 is 35.1 Å². The molecule has 0 aromatic carbocycles. The highest BCUT2D eigenvalue weighted by atomic mass is 16.5. The number of unbranched alkanes of at least 4 members (excludes halogenated alkanes) is 3. The summed E-state index contributed by atoms with van der Waals surface area (Å²) in [5.74, 6) is -1.13. The van der Waals surface area contributed by atoms with Gasteiger partial charge in [0.15, 0.2) is 5.78 Å². The molecule has 6 nitrogen and oxygen atoms in total. The molecule has 2 saturated carbocycles. The number of esters is 1. The van der Waals surface area contributed by atoms with Crippen LogP contribution < -0.4 is 0 Å². The second kappa shape index (κ2) is 9.70. The molecular weight excluding hydrogens is 456 g/mol. The Balaban J connectivity index is 1.59. The van der Waals surface area contributed by atoms with Gasteiger partial charge in [0.05, 0.1) is 5.41 Å². The average Bonchev–Trinajstić information content (AvgIpc) is 3.33. The molecule has 0 heterocycles. The normalized spacial score (nSPS) is 40.8. The van der Waals surface area contributed by atoms with Gasteiger partial charge in [-0.2, -0.15) is 0 Å². The van der Waals surface area contributed by atoms with E-state index in [0.29, 0.717) is 11.5 Å². The van der Waals surface area contributed by atoms with Gasteiger partial charge in [-0.05, 0) is 60.5 Å². The van der Waals surface area contributed by atoms with E-state index in [9.17, 15) is 24.9 Å². The van der Waals surface area contributed by atoms with E-state index in [1.165, 1.54) is 12.5 Å². The number of hydrogen-bond acceptors (Lipinski definition) is 6. The third-order valence-corrected chi connectivity index (χ3v) is 9.58. The minimum absolute atomic E-state index is 0.0376. The number of hydrogen-bond donors (Lipinski definition) is 3. The van der Waals surface area contributed by atoms with Crippen molar-refractivity contribution >= 4 is 11.8 Å². The molecule has 2 fully saturated rings. The minimum Gasteiger partial charge on any atom is -0.458 e. The lowest BCUT2D eigenvalue weighted by molar-refractivity contribution is -0.190. The predicted octanol–water partition coefficient (Wildman–Crippen LogP) is 4.06. The smallest absolute Gasteiger partial charge is 0.331 e. The molecule has 0 aromatic heterocycles. The third kappa shape index (κ3) is 3.97. The van der Waals surface area contributed by atoms with E-state index in [-0.39, 0.29) is 35.2 Å². The fraction of sp³-hybridized carbons (Fsp3) is 0.667. The van der Waals surface area contributed by atoms with Crippen molar-refractivity contribution in [3.05, 3.63) is 47.6 Å². The molecule has 0 aliphatic heterocycles. The van der Waals surface area contributed by atoms with Gasteiger partial charge in [0.25, 0.3) is 0 Å². The third-order valence-electron chi connectivity index (χ3n) is 9.58. The number of carbonyl (C=O) groups is 2. The standard InChI is InChI=1S/C30H42O6/c1-6-7-8-9-10-11-12-13-23(31)36-17-20-15-21-24-22(28(24,4)5)14-19(3)29(27(21)34)16-18(2)25(32)30(29,35)26(20)33/h10-13,15-16,19,21-22,24-26,32-33,35H,6-9,14,17H2,1-5H3/b11-10-,13-12+/t19-,21+,22-,24+,25+,26-,29?,30-/m1/s1. The van der Waals surface area contributed by atoms with Gasteiger partial charge < -0.3 is 20.1 Å². The van der Waals surface area contributed by atoms with E-state index >= 15 is 0 Å². The van der Waals surface area contributed by atoms with Crippen LogP contribution in [0.15, 0.2) is 47.6 Å². The zero-order chi connectivity index (χ0) is 26.5. The highest BCUT2D eigenvalue weighted by Gasteiger charge is 2.75. The lowest BCUT2D eigenvalue weighted by atomic mass is 9.59. The molecule has 6 heteroatoms. The van der Waals surface area contributed by atoms with Crippen molar-refractivity contribution in [3.8, 4) is 0 Å². The number of aliphatic hydroxyl groups excluding tert-OH is 2. The van der Waals surface area contributed by atoms with Crippen LogP contribution in [-0.2, 0) is 14.3 Å². The summed E-state index contributed by atoms with van der Waals surface area (Å²) < 4.78 is 5.44. The molecule has 1 unspecified atom stereocenters. The first-order chi connectivity index (χ1) is 16.9. The van der Waals surface area contributed by atoms with Crippen molar-refractivity contribution in [1.29, 1.82) is 0 Å². The number of aliphatic hydroxyl groups is 3. The lowest BCUT2D eigenvalue weighted by Gasteiger charge is -2.48. The maximum absolute atomic E-state index is 14.2. The highest BCUT2D eigenvalue weighted by Crippen LogP contribution is 2.71. The zero-order valence-electron chi connectivity index (χ0n) is 22.2. The second-order valence-corrected chi connectivity index (χ2v) is 12.0. The van der Waals surface area contributed by atoms with Gasteiger partial charge in [0.2, 0.25) is 0 Å². The first kappa shape index (κ1) is 27.0. The van der Waals surface area contributed by atoms with Gasteiger partial charge in [0, 0.05) is 12.0 Å². The predicted molar refractivity (Wildman–Crippen MR) is 138 cm³/mol. The van der Waals surface area contributed by atoms with Gasteiger partial charge >= 0.3 is 5.97 Å². The number of ketones is 1. The Hall–Kier alpha value is -2.02. The molecule has 0 aromatic rings. The fourth-order valence-corrected chi connectivity index (χ4v) is 7.44. The van der Waals surface area contributed by atoms with Crippen molar-refractivity contribution in [3.63, 3.8) is 0 Å². The van der Waals surface area contributed by atoms with E-state index in [2.05, 4.69) is 20.8 Å². The summed E-state index contributed by atoms with van der Waals surface area (Å²) in [5.41, 5.74) is -2.79. The molecule has 198 valence electrons. The summed E-state index contributed by atoms with van der Waals surface area (Å²) >= 11 is 0. The molecule has 4 rings (SSSR count). The number of ether oxygens (including phenoxy) is 1. The molecule has 0 radical (unpaired) electrons. The first-order valence-corrected chi connectivity index (χ1v) is 13.5. The fourth-order valence-electron chi connectivity index (χ4n) is 7.44. The molecule has 0 saturated heterocycles. The van der Waals surface area contributed by atoms with E-state index in [4.69, 9.17) is 4.74 Å². The van der Waals surface area contributed by atoms with Crippen LogP contribution in [0, 0.1) is 34.5 Å². The molecule has 36 heavy (non-hydrogen) atoms. The summed E-state index contributed by atoms with van der Waals surface area (Å²) in [7, 11) is 0. The molecule has 8 atom stereocenters. The van der Waals surface area contributed by atoms with Gasteiger partial charge in [-0.3, -0.25) is 4.79 Å². The molecule has 3 N–H and O–H groups in total. The van der Waals surface area contributed by atoms with Crippen LogP contribution in [-0.4, -0.2) is 51.5 Å². The molecule has 0 amide bonds. The van der Waals surface area contributed by atoms with Crippen molar-refractivity contribution in [1.82, 2.24) is 0 Å². The molecular formula is C30H42O6. The quantitative estimate of drug-likeness (QED) is 0.153. The maximum atomic E-state index is 14.2. The Morgan fingerprint density at radius 3 is 2.61 bits per heavy atom. The number of Topliss-reactive ketones (excluding diaryl/α,β-unsaturated/α-hetero) is 1. The number of allylic oxidation sites excluding steroid dienone is 4. The minimum atomic E-state index is -2.11. The number of fused-ring (bicyclic) bond motifs is 3. The zero-order valence-corrected chi connectivity index (χ0v) is 22.2. The molecule has 2 bridgehead atoms. The monoisotopic (exact) mass is 498 g/mol. The summed E-state index contributed by atoms with van der Waals surface area (Å²) in [6.45, 7) is 9.84. The highest BCUT2D eigenvalue weighted by molar-refractivity contribution is 5.95. The lowest BCUT2D eigenvalue weighted by Crippen LogP contribution is -2.65. The Morgan fingerprint density at radius 2 is 1.92 bits per heavy atom.